The number of carboxylic acids is 1. The fourth-order valence-electron chi connectivity index (χ4n) is 4.00. The van der Waals surface area contributed by atoms with E-state index in [1.165, 1.54) is 0 Å². The molecule has 1 unspecified atom stereocenters. The summed E-state index contributed by atoms with van der Waals surface area (Å²) < 4.78 is 5.93. The molecule has 2 aromatic rings. The second kappa shape index (κ2) is 10.3. The van der Waals surface area contributed by atoms with Gasteiger partial charge in [0, 0.05) is 30.9 Å². The van der Waals surface area contributed by atoms with Crippen LogP contribution in [-0.4, -0.2) is 66.1 Å². The number of fused-ring (bicyclic) bond motifs is 1. The van der Waals surface area contributed by atoms with Gasteiger partial charge in [0.05, 0.1) is 13.2 Å². The van der Waals surface area contributed by atoms with Gasteiger partial charge in [0.25, 0.3) is 0 Å². The van der Waals surface area contributed by atoms with Crippen LogP contribution >= 0.6 is 0 Å². The van der Waals surface area contributed by atoms with Gasteiger partial charge in [-0.2, -0.15) is 0 Å². The molecule has 3 rings (SSSR count). The van der Waals surface area contributed by atoms with Crippen LogP contribution in [-0.2, 0) is 9.59 Å². The van der Waals surface area contributed by atoms with Crippen molar-refractivity contribution in [1.29, 1.82) is 0 Å². The van der Waals surface area contributed by atoms with Crippen molar-refractivity contribution in [2.75, 3.05) is 33.3 Å². The molecule has 1 heterocycles. The largest absolute Gasteiger partial charge is 0.493 e. The summed E-state index contributed by atoms with van der Waals surface area (Å²) in [4.78, 5) is 27.3. The minimum absolute atomic E-state index is 0.0458. The molecule has 0 bridgehead atoms. The van der Waals surface area contributed by atoms with Crippen LogP contribution in [0, 0.1) is 0 Å². The van der Waals surface area contributed by atoms with Crippen LogP contribution in [0.2, 0.25) is 0 Å². The average molecular weight is 399 g/mol. The van der Waals surface area contributed by atoms with E-state index in [0.29, 0.717) is 26.0 Å². The van der Waals surface area contributed by atoms with E-state index in [1.54, 1.807) is 0 Å². The first-order valence-electron chi connectivity index (χ1n) is 10.3. The number of nitrogens with zero attached hydrogens (tertiary/aromatic N) is 2. The van der Waals surface area contributed by atoms with Gasteiger partial charge in [0.1, 0.15) is 5.75 Å². The van der Waals surface area contributed by atoms with Crippen molar-refractivity contribution in [3.63, 3.8) is 0 Å². The smallest absolute Gasteiger partial charge is 0.317 e. The fourth-order valence-corrected chi connectivity index (χ4v) is 4.00. The minimum atomic E-state index is -0.809. The van der Waals surface area contributed by atoms with Gasteiger partial charge < -0.3 is 14.7 Å². The molecular formula is C23H30N2O4. The summed E-state index contributed by atoms with van der Waals surface area (Å²) in [6.07, 6.45) is 3.81. The van der Waals surface area contributed by atoms with Crippen molar-refractivity contribution >= 4 is 22.6 Å². The van der Waals surface area contributed by atoms with Gasteiger partial charge in [-0.3, -0.25) is 14.5 Å². The number of benzene rings is 2. The van der Waals surface area contributed by atoms with E-state index in [1.807, 2.05) is 47.2 Å². The highest BCUT2D eigenvalue weighted by molar-refractivity contribution is 5.88. The number of likely N-dealkylation sites (tertiary alicyclic amines) is 1. The average Bonchev–Trinajstić information content (AvgIpc) is 2.97. The van der Waals surface area contributed by atoms with Crippen LogP contribution < -0.4 is 4.74 Å². The van der Waals surface area contributed by atoms with Gasteiger partial charge in [0.15, 0.2) is 0 Å². The first-order chi connectivity index (χ1) is 14.0. The number of carbonyl (C=O) groups excluding carboxylic acids is 1. The summed E-state index contributed by atoms with van der Waals surface area (Å²) in [6, 6.07) is 14.3. The zero-order valence-electron chi connectivity index (χ0n) is 17.0. The number of rotatable bonds is 8. The normalized spacial score (nSPS) is 17.3. The molecule has 1 N–H and O–H groups in total. The summed E-state index contributed by atoms with van der Waals surface area (Å²) in [5, 5.41) is 11.2. The second-order valence-corrected chi connectivity index (χ2v) is 7.70. The van der Waals surface area contributed by atoms with Crippen molar-refractivity contribution in [3.05, 3.63) is 42.5 Å². The molecule has 1 atom stereocenters. The van der Waals surface area contributed by atoms with Gasteiger partial charge in [-0.25, -0.2) is 0 Å². The lowest BCUT2D eigenvalue weighted by atomic mass is 10.1. The molecule has 6 nitrogen and oxygen atoms in total. The van der Waals surface area contributed by atoms with Crippen molar-refractivity contribution in [2.24, 2.45) is 0 Å². The molecule has 156 valence electrons. The maximum Gasteiger partial charge on any atom is 0.317 e. The Labute approximate surface area is 172 Å². The molecule has 29 heavy (non-hydrogen) atoms. The lowest BCUT2D eigenvalue weighted by Crippen LogP contribution is -2.37. The summed E-state index contributed by atoms with van der Waals surface area (Å²) in [5.74, 6) is 0.207. The van der Waals surface area contributed by atoms with Crippen molar-refractivity contribution in [3.8, 4) is 5.75 Å². The Morgan fingerprint density at radius 1 is 1.14 bits per heavy atom. The van der Waals surface area contributed by atoms with Crippen molar-refractivity contribution in [1.82, 2.24) is 9.80 Å². The van der Waals surface area contributed by atoms with Crippen LogP contribution in [0.15, 0.2) is 42.5 Å². The van der Waals surface area contributed by atoms with Crippen molar-refractivity contribution in [2.45, 2.75) is 38.1 Å². The van der Waals surface area contributed by atoms with Crippen LogP contribution in [0.1, 0.15) is 32.1 Å². The lowest BCUT2D eigenvalue weighted by molar-refractivity contribution is -0.138. The van der Waals surface area contributed by atoms with E-state index in [0.717, 1.165) is 42.3 Å². The van der Waals surface area contributed by atoms with E-state index < -0.39 is 5.97 Å². The third-order valence-electron chi connectivity index (χ3n) is 5.60. The molecule has 1 amide bonds. The van der Waals surface area contributed by atoms with Crippen molar-refractivity contribution < 1.29 is 19.4 Å². The van der Waals surface area contributed by atoms with Crippen LogP contribution in [0.4, 0.5) is 0 Å². The number of carboxylic acid groups (broad SMARTS) is 1. The lowest BCUT2D eigenvalue weighted by Gasteiger charge is -2.25. The molecule has 0 spiro atoms. The SMILES string of the molecule is CN(CC(=O)O)C1CCCN(C(=O)CCCOc2cccc3ccccc23)CC1. The van der Waals surface area contributed by atoms with Gasteiger partial charge >= 0.3 is 5.97 Å². The van der Waals surface area contributed by atoms with Crippen LogP contribution in [0.25, 0.3) is 10.8 Å². The number of aliphatic carboxylic acids is 1. The predicted molar refractivity (Wildman–Crippen MR) is 113 cm³/mol. The van der Waals surface area contributed by atoms with E-state index in [2.05, 4.69) is 12.1 Å². The molecule has 0 saturated carbocycles. The quantitative estimate of drug-likeness (QED) is 0.690. The molecule has 0 radical (unpaired) electrons. The molecule has 1 saturated heterocycles. The number of carbonyl (C=O) groups is 2. The Hall–Kier alpha value is -2.60. The third-order valence-corrected chi connectivity index (χ3v) is 5.60. The number of hydrogen-bond acceptors (Lipinski definition) is 4. The highest BCUT2D eigenvalue weighted by atomic mass is 16.5. The summed E-state index contributed by atoms with van der Waals surface area (Å²) in [6.45, 7) is 2.00. The van der Waals surface area contributed by atoms with Gasteiger partial charge in [0.2, 0.25) is 5.91 Å². The third kappa shape index (κ3) is 5.94. The molecule has 2 aromatic carbocycles. The minimum Gasteiger partial charge on any atom is -0.493 e. The number of ether oxygens (including phenoxy) is 1. The van der Waals surface area contributed by atoms with E-state index in [4.69, 9.17) is 9.84 Å². The Balaban J connectivity index is 1.43. The monoisotopic (exact) mass is 398 g/mol. The molecule has 1 aliphatic heterocycles. The van der Waals surface area contributed by atoms with Gasteiger partial charge in [-0.05, 0) is 44.2 Å². The Morgan fingerprint density at radius 2 is 1.93 bits per heavy atom. The fraction of sp³-hybridized carbons (Fsp3) is 0.478. The standard InChI is InChI=1S/C23H30N2O4/c1-24(17-23(27)28)19-9-5-14-25(15-13-19)22(26)12-6-16-29-21-11-4-8-18-7-2-3-10-20(18)21/h2-4,7-8,10-11,19H,5-6,9,12-17H2,1H3,(H,27,28). The molecule has 0 aliphatic carbocycles. The second-order valence-electron chi connectivity index (χ2n) is 7.70. The molecule has 1 aliphatic rings. The van der Waals surface area contributed by atoms with Crippen LogP contribution in [0.5, 0.6) is 5.75 Å². The summed E-state index contributed by atoms with van der Waals surface area (Å²) in [5.41, 5.74) is 0. The Bertz CT molecular complexity index is 833. The van der Waals surface area contributed by atoms with Gasteiger partial charge in [-0.1, -0.05) is 36.4 Å². The molecule has 6 heteroatoms. The van der Waals surface area contributed by atoms with E-state index >= 15 is 0 Å². The summed E-state index contributed by atoms with van der Waals surface area (Å²) in [7, 11) is 1.85. The predicted octanol–water partition coefficient (Wildman–Crippen LogP) is 3.40. The van der Waals surface area contributed by atoms with E-state index in [9.17, 15) is 9.59 Å². The topological polar surface area (TPSA) is 70.1 Å². The Kier molecular flexibility index (Phi) is 7.47. The zero-order valence-corrected chi connectivity index (χ0v) is 17.0. The number of hydrogen-bond donors (Lipinski definition) is 1. The Morgan fingerprint density at radius 3 is 2.76 bits per heavy atom. The van der Waals surface area contributed by atoms with Gasteiger partial charge in [-0.15, -0.1) is 0 Å². The zero-order chi connectivity index (χ0) is 20.6. The summed E-state index contributed by atoms with van der Waals surface area (Å²) >= 11 is 0. The number of likely N-dealkylation sites (N-methyl/N-ethyl adjacent to an activating group) is 1. The van der Waals surface area contributed by atoms with Crippen LogP contribution in [0.3, 0.4) is 0 Å². The maximum atomic E-state index is 12.6. The molecule has 1 fully saturated rings. The molecule has 0 aromatic heterocycles. The maximum absolute atomic E-state index is 12.6. The van der Waals surface area contributed by atoms with E-state index in [-0.39, 0.29) is 18.5 Å². The molecular weight excluding hydrogens is 368 g/mol. The first kappa shape index (κ1) is 21.1. The highest BCUT2D eigenvalue weighted by Gasteiger charge is 2.23. The highest BCUT2D eigenvalue weighted by Crippen LogP contribution is 2.25. The first-order valence-corrected chi connectivity index (χ1v) is 10.3. The number of amides is 1.